The lowest BCUT2D eigenvalue weighted by Gasteiger charge is -2.01. The minimum absolute atomic E-state index is 0.0792. The van der Waals surface area contributed by atoms with E-state index in [1.54, 1.807) is 0 Å². The molecule has 0 amide bonds. The van der Waals surface area contributed by atoms with Crippen molar-refractivity contribution in [1.29, 1.82) is 0 Å². The summed E-state index contributed by atoms with van der Waals surface area (Å²) >= 11 is 0. The normalized spacial score (nSPS) is 11.4. The number of rotatable bonds is 3. The third-order valence-electron chi connectivity index (χ3n) is 2.06. The molecule has 9 heteroatoms. The van der Waals surface area contributed by atoms with Crippen molar-refractivity contribution in [2.45, 2.75) is 0 Å². The van der Waals surface area contributed by atoms with Crippen molar-refractivity contribution in [2.24, 2.45) is 5.11 Å². The molecule has 1 heterocycles. The second-order valence-corrected chi connectivity index (χ2v) is 3.24. The summed E-state index contributed by atoms with van der Waals surface area (Å²) in [6.45, 7) is 0. The van der Waals surface area contributed by atoms with Gasteiger partial charge in [-0.1, -0.05) is 0 Å². The number of aromatic amines is 1. The lowest BCUT2D eigenvalue weighted by atomic mass is 10.2. The second kappa shape index (κ2) is 4.49. The van der Waals surface area contributed by atoms with E-state index in [9.17, 15) is 20.4 Å². The molecule has 1 aromatic carbocycles. The van der Waals surface area contributed by atoms with Crippen molar-refractivity contribution in [3.8, 4) is 5.75 Å². The van der Waals surface area contributed by atoms with Gasteiger partial charge in [-0.2, -0.15) is 5.10 Å². The molecule has 92 valence electrons. The highest BCUT2D eigenvalue weighted by molar-refractivity contribution is 5.52. The van der Waals surface area contributed by atoms with E-state index in [4.69, 9.17) is 0 Å². The molecule has 0 aliphatic carbocycles. The van der Waals surface area contributed by atoms with Gasteiger partial charge in [0.1, 0.15) is 0 Å². The molecule has 2 aromatic rings. The molecule has 0 unspecified atom stereocenters. The van der Waals surface area contributed by atoms with Gasteiger partial charge < -0.3 is 10.3 Å². The fourth-order valence-electron chi connectivity index (χ4n) is 1.23. The number of nitro groups is 1. The van der Waals surface area contributed by atoms with E-state index >= 15 is 0 Å². The van der Waals surface area contributed by atoms with Gasteiger partial charge in [-0.25, -0.2) is 0 Å². The number of nitro benzene ring substituents is 1. The van der Waals surface area contributed by atoms with Crippen LogP contribution in [0.15, 0.2) is 35.6 Å². The fourth-order valence-corrected chi connectivity index (χ4v) is 1.23. The number of phenols is 1. The summed E-state index contributed by atoms with van der Waals surface area (Å²) in [6.07, 6.45) is 1.39. The molecule has 2 rings (SSSR count). The number of hydrogen-bond acceptors (Lipinski definition) is 6. The number of aromatic nitrogens is 2. The minimum atomic E-state index is -0.674. The van der Waals surface area contributed by atoms with E-state index in [1.165, 1.54) is 12.3 Å². The third-order valence-corrected chi connectivity index (χ3v) is 2.06. The highest BCUT2D eigenvalue weighted by Gasteiger charge is 2.17. The SMILES string of the molecule is O=[N+]([O-])c1ccc(O)c(/[N+]([O-])=N\c2ccn[nH]2)c1. The molecule has 9 nitrogen and oxygen atoms in total. The Kier molecular flexibility index (Phi) is 2.87. The van der Waals surface area contributed by atoms with Crippen molar-refractivity contribution >= 4 is 17.2 Å². The number of benzene rings is 1. The highest BCUT2D eigenvalue weighted by Crippen LogP contribution is 2.30. The molecule has 18 heavy (non-hydrogen) atoms. The summed E-state index contributed by atoms with van der Waals surface area (Å²) in [7, 11) is 0. The number of phenolic OH excluding ortho intramolecular Hbond substituents is 1. The molecule has 0 spiro atoms. The van der Waals surface area contributed by atoms with Crippen LogP contribution >= 0.6 is 0 Å². The summed E-state index contributed by atoms with van der Waals surface area (Å²) < 4.78 is 0. The lowest BCUT2D eigenvalue weighted by Crippen LogP contribution is -1.94. The fraction of sp³-hybridized carbons (Fsp3) is 0. The van der Waals surface area contributed by atoms with Crippen molar-refractivity contribution in [2.75, 3.05) is 0 Å². The molecule has 0 atom stereocenters. The summed E-state index contributed by atoms with van der Waals surface area (Å²) in [5, 5.41) is 41.2. The van der Waals surface area contributed by atoms with E-state index in [-0.39, 0.29) is 22.1 Å². The topological polar surface area (TPSA) is 130 Å². The summed E-state index contributed by atoms with van der Waals surface area (Å²) in [5.41, 5.74) is -0.637. The van der Waals surface area contributed by atoms with Crippen LogP contribution in [0.2, 0.25) is 0 Å². The Morgan fingerprint density at radius 3 is 2.72 bits per heavy atom. The summed E-state index contributed by atoms with van der Waals surface area (Å²) in [4.78, 5) is 9.97. The van der Waals surface area contributed by atoms with Gasteiger partial charge in [0, 0.05) is 17.2 Å². The van der Waals surface area contributed by atoms with Gasteiger partial charge in [-0.3, -0.25) is 15.2 Å². The van der Waals surface area contributed by atoms with Gasteiger partial charge in [0.25, 0.3) is 11.4 Å². The zero-order valence-corrected chi connectivity index (χ0v) is 8.85. The number of azo groups is 1. The molecule has 2 N–H and O–H groups in total. The van der Waals surface area contributed by atoms with Crippen LogP contribution < -0.4 is 0 Å². The zero-order chi connectivity index (χ0) is 13.1. The molecule has 0 aliphatic heterocycles. The average molecular weight is 249 g/mol. The number of non-ortho nitro benzene ring substituents is 1. The van der Waals surface area contributed by atoms with E-state index < -0.39 is 10.7 Å². The predicted octanol–water partition coefficient (Wildman–Crippen LogP) is 1.95. The largest absolute Gasteiger partial charge is 0.594 e. The number of hydrogen-bond donors (Lipinski definition) is 2. The lowest BCUT2D eigenvalue weighted by molar-refractivity contribution is -0.437. The predicted molar refractivity (Wildman–Crippen MR) is 58.7 cm³/mol. The quantitative estimate of drug-likeness (QED) is 0.371. The van der Waals surface area contributed by atoms with Gasteiger partial charge in [-0.05, 0) is 10.9 Å². The first kappa shape index (κ1) is 11.5. The Hall–Kier alpha value is -2.97. The zero-order valence-electron chi connectivity index (χ0n) is 8.85. The Labute approximate surface area is 99.7 Å². The van der Waals surface area contributed by atoms with Gasteiger partial charge in [-0.15, -0.1) is 0 Å². The van der Waals surface area contributed by atoms with Crippen LogP contribution in [0, 0.1) is 15.3 Å². The third kappa shape index (κ3) is 2.24. The first-order valence-electron chi connectivity index (χ1n) is 4.73. The average Bonchev–Trinajstić information content (AvgIpc) is 2.81. The number of H-pyrrole nitrogens is 1. The van der Waals surface area contributed by atoms with E-state index in [2.05, 4.69) is 15.3 Å². The Morgan fingerprint density at radius 2 is 2.11 bits per heavy atom. The molecule has 0 bridgehead atoms. The molecular weight excluding hydrogens is 242 g/mol. The van der Waals surface area contributed by atoms with Crippen LogP contribution in [0.3, 0.4) is 0 Å². The van der Waals surface area contributed by atoms with Crippen LogP contribution in [0.5, 0.6) is 5.75 Å². The molecular formula is C9H7N5O4. The van der Waals surface area contributed by atoms with Gasteiger partial charge in [0.05, 0.1) is 17.2 Å². The standard InChI is InChI=1S/C9H7N5O4/c15-8-2-1-6(14(17)18)5-7(8)13(16)12-9-3-4-10-11-9/h1-5,15H,(H,10,11)/b13-12+. The monoisotopic (exact) mass is 249 g/mol. The first-order chi connectivity index (χ1) is 8.58. The number of aromatic hydroxyl groups is 1. The van der Waals surface area contributed by atoms with Gasteiger partial charge >= 0.3 is 0 Å². The van der Waals surface area contributed by atoms with Gasteiger partial charge in [0.15, 0.2) is 5.75 Å². The smallest absolute Gasteiger partial charge is 0.293 e. The maximum Gasteiger partial charge on any atom is 0.293 e. The van der Waals surface area contributed by atoms with Crippen LogP contribution in [0.25, 0.3) is 0 Å². The Morgan fingerprint density at radius 1 is 1.33 bits per heavy atom. The molecule has 1 aromatic heterocycles. The van der Waals surface area contributed by atoms with Crippen LogP contribution in [0.1, 0.15) is 0 Å². The minimum Gasteiger partial charge on any atom is -0.594 e. The molecule has 0 aliphatic rings. The van der Waals surface area contributed by atoms with Gasteiger partial charge in [0.2, 0.25) is 5.82 Å². The number of nitrogens with zero attached hydrogens (tertiary/aromatic N) is 4. The van der Waals surface area contributed by atoms with Crippen molar-refractivity contribution in [3.63, 3.8) is 0 Å². The van der Waals surface area contributed by atoms with E-state index in [0.717, 1.165) is 18.2 Å². The highest BCUT2D eigenvalue weighted by atomic mass is 16.6. The number of nitrogens with one attached hydrogen (secondary N) is 1. The van der Waals surface area contributed by atoms with Crippen LogP contribution in [0.4, 0.5) is 17.2 Å². The Balaban J connectivity index is 2.44. The maximum absolute atomic E-state index is 11.6. The first-order valence-corrected chi connectivity index (χ1v) is 4.73. The summed E-state index contributed by atoms with van der Waals surface area (Å²) in [5.74, 6) is -0.241. The van der Waals surface area contributed by atoms with E-state index in [1.807, 2.05) is 0 Å². The Bertz CT molecular complexity index is 607. The van der Waals surface area contributed by atoms with Crippen LogP contribution in [-0.2, 0) is 0 Å². The molecule has 0 fully saturated rings. The van der Waals surface area contributed by atoms with Crippen LogP contribution in [-0.4, -0.2) is 25.1 Å². The van der Waals surface area contributed by atoms with E-state index in [0.29, 0.717) is 0 Å². The molecule has 0 saturated carbocycles. The van der Waals surface area contributed by atoms with Crippen molar-refractivity contribution in [1.82, 2.24) is 10.2 Å². The summed E-state index contributed by atoms with van der Waals surface area (Å²) in [6, 6.07) is 4.51. The van der Waals surface area contributed by atoms with Crippen molar-refractivity contribution in [3.05, 3.63) is 45.8 Å². The maximum atomic E-state index is 11.6. The second-order valence-electron chi connectivity index (χ2n) is 3.24. The van der Waals surface area contributed by atoms with Crippen molar-refractivity contribution < 1.29 is 14.9 Å². The molecule has 0 radical (unpaired) electrons. The molecule has 0 saturated heterocycles.